The number of nitrogens with one attached hydrogen (secondary N) is 1. The summed E-state index contributed by atoms with van der Waals surface area (Å²) < 4.78 is 5.52. The lowest BCUT2D eigenvalue weighted by molar-refractivity contribution is -0.136. The first kappa shape index (κ1) is 13.4. The maximum Gasteiger partial charge on any atom is 0.305 e. The van der Waals surface area contributed by atoms with Crippen LogP contribution in [0.15, 0.2) is 24.3 Å². The van der Waals surface area contributed by atoms with Crippen molar-refractivity contribution < 1.29 is 14.6 Å². The number of carboxylic acids is 1. The molecule has 1 aromatic rings. The molecule has 2 N–H and O–H groups in total. The lowest BCUT2D eigenvalue weighted by atomic mass is 10.3. The van der Waals surface area contributed by atoms with Gasteiger partial charge in [0.25, 0.3) is 0 Å². The average molecular weight is 237 g/mol. The van der Waals surface area contributed by atoms with Crippen LogP contribution in [0.4, 0.5) is 5.69 Å². The molecule has 0 fully saturated rings. The molecule has 0 unspecified atom stereocenters. The molecule has 0 amide bonds. The Balaban J connectivity index is 2.31. The lowest BCUT2D eigenvalue weighted by Gasteiger charge is -2.07. The first-order valence-corrected chi connectivity index (χ1v) is 5.91. The average Bonchev–Trinajstić information content (AvgIpc) is 2.31. The fourth-order valence-corrected chi connectivity index (χ4v) is 1.32. The Morgan fingerprint density at radius 2 is 2.06 bits per heavy atom. The first-order valence-electron chi connectivity index (χ1n) is 5.91. The highest BCUT2D eigenvalue weighted by atomic mass is 16.5. The summed E-state index contributed by atoms with van der Waals surface area (Å²) in [5.41, 5.74) is 0.911. The number of ether oxygens (including phenoxy) is 1. The maximum atomic E-state index is 10.3. The van der Waals surface area contributed by atoms with Crippen molar-refractivity contribution in [3.63, 3.8) is 0 Å². The molecule has 0 aromatic heterocycles. The molecular formula is C13H19NO3. The molecule has 0 aliphatic carbocycles. The zero-order valence-electron chi connectivity index (χ0n) is 10.1. The highest BCUT2D eigenvalue weighted by Crippen LogP contribution is 2.15. The second-order valence-corrected chi connectivity index (χ2v) is 3.80. The molecular weight excluding hydrogens is 218 g/mol. The van der Waals surface area contributed by atoms with Gasteiger partial charge in [-0.25, -0.2) is 0 Å². The molecule has 4 nitrogen and oxygen atoms in total. The van der Waals surface area contributed by atoms with Crippen molar-refractivity contribution >= 4 is 11.7 Å². The Labute approximate surface area is 102 Å². The second-order valence-electron chi connectivity index (χ2n) is 3.80. The summed E-state index contributed by atoms with van der Waals surface area (Å²) in [4.78, 5) is 10.3. The molecule has 17 heavy (non-hydrogen) atoms. The van der Waals surface area contributed by atoms with E-state index in [1.54, 1.807) is 0 Å². The molecule has 0 saturated carbocycles. The van der Waals surface area contributed by atoms with E-state index in [-0.39, 0.29) is 6.42 Å². The van der Waals surface area contributed by atoms with E-state index in [9.17, 15) is 4.79 Å². The van der Waals surface area contributed by atoms with E-state index in [0.717, 1.165) is 30.9 Å². The third-order valence-corrected chi connectivity index (χ3v) is 2.29. The van der Waals surface area contributed by atoms with Gasteiger partial charge in [0.1, 0.15) is 5.75 Å². The number of benzene rings is 1. The van der Waals surface area contributed by atoms with Gasteiger partial charge in [-0.1, -0.05) is 13.3 Å². The zero-order chi connectivity index (χ0) is 12.5. The predicted octanol–water partition coefficient (Wildman–Crippen LogP) is 2.75. The zero-order valence-corrected chi connectivity index (χ0v) is 10.1. The number of aliphatic carboxylic acids is 1. The minimum atomic E-state index is -0.794. The number of anilines is 1. The van der Waals surface area contributed by atoms with Crippen molar-refractivity contribution in [1.82, 2.24) is 0 Å². The van der Waals surface area contributed by atoms with Gasteiger partial charge in [0.05, 0.1) is 13.0 Å². The standard InChI is InChI=1S/C13H19NO3/c1-2-3-10-17-12-6-4-11(5-7-12)14-9-8-13(15)16/h4-7,14H,2-3,8-10H2,1H3,(H,15,16). The third kappa shape index (κ3) is 5.80. The summed E-state index contributed by atoms with van der Waals surface area (Å²) in [6, 6.07) is 7.56. The quantitative estimate of drug-likeness (QED) is 0.682. The van der Waals surface area contributed by atoms with Crippen LogP contribution in [-0.4, -0.2) is 24.2 Å². The van der Waals surface area contributed by atoms with Crippen molar-refractivity contribution in [1.29, 1.82) is 0 Å². The number of hydrogen-bond donors (Lipinski definition) is 2. The molecule has 1 rings (SSSR count). The van der Waals surface area contributed by atoms with Crippen LogP contribution in [0.1, 0.15) is 26.2 Å². The van der Waals surface area contributed by atoms with E-state index in [1.165, 1.54) is 0 Å². The Morgan fingerprint density at radius 1 is 1.35 bits per heavy atom. The summed E-state index contributed by atoms with van der Waals surface area (Å²) in [5.74, 6) is 0.0549. The number of hydrogen-bond acceptors (Lipinski definition) is 3. The predicted molar refractivity (Wildman–Crippen MR) is 67.6 cm³/mol. The van der Waals surface area contributed by atoms with Crippen LogP contribution >= 0.6 is 0 Å². The van der Waals surface area contributed by atoms with E-state index in [2.05, 4.69) is 12.2 Å². The normalized spacial score (nSPS) is 9.94. The van der Waals surface area contributed by atoms with Crippen LogP contribution in [0.25, 0.3) is 0 Å². The van der Waals surface area contributed by atoms with Gasteiger partial charge in [-0.05, 0) is 30.7 Å². The molecule has 94 valence electrons. The van der Waals surface area contributed by atoms with Gasteiger partial charge in [-0.15, -0.1) is 0 Å². The molecule has 0 spiro atoms. The molecule has 1 aromatic carbocycles. The number of carbonyl (C=O) groups is 1. The van der Waals surface area contributed by atoms with Crippen LogP contribution in [0.2, 0.25) is 0 Å². The maximum absolute atomic E-state index is 10.3. The van der Waals surface area contributed by atoms with Gasteiger partial charge in [0.2, 0.25) is 0 Å². The van der Waals surface area contributed by atoms with Crippen LogP contribution in [-0.2, 0) is 4.79 Å². The minimum Gasteiger partial charge on any atom is -0.494 e. The number of rotatable bonds is 8. The van der Waals surface area contributed by atoms with E-state index >= 15 is 0 Å². The van der Waals surface area contributed by atoms with Gasteiger partial charge >= 0.3 is 5.97 Å². The second kappa shape index (κ2) is 7.54. The fourth-order valence-electron chi connectivity index (χ4n) is 1.32. The van der Waals surface area contributed by atoms with Gasteiger partial charge in [0.15, 0.2) is 0 Å². The van der Waals surface area contributed by atoms with Crippen LogP contribution in [0.3, 0.4) is 0 Å². The van der Waals surface area contributed by atoms with Crippen LogP contribution in [0.5, 0.6) is 5.75 Å². The summed E-state index contributed by atoms with van der Waals surface area (Å²) in [7, 11) is 0. The van der Waals surface area contributed by atoms with Crippen molar-refractivity contribution in [3.05, 3.63) is 24.3 Å². The third-order valence-electron chi connectivity index (χ3n) is 2.29. The highest BCUT2D eigenvalue weighted by molar-refractivity contribution is 5.67. The van der Waals surface area contributed by atoms with E-state index in [0.29, 0.717) is 6.54 Å². The summed E-state index contributed by atoms with van der Waals surface area (Å²) in [5, 5.41) is 11.5. The van der Waals surface area contributed by atoms with E-state index in [1.807, 2.05) is 24.3 Å². The van der Waals surface area contributed by atoms with Crippen LogP contribution < -0.4 is 10.1 Å². The van der Waals surface area contributed by atoms with Crippen molar-refractivity contribution in [3.8, 4) is 5.75 Å². The summed E-state index contributed by atoms with van der Waals surface area (Å²) in [6.45, 7) is 3.30. The van der Waals surface area contributed by atoms with E-state index < -0.39 is 5.97 Å². The summed E-state index contributed by atoms with van der Waals surface area (Å²) in [6.07, 6.45) is 2.29. The molecule has 0 saturated heterocycles. The number of carboxylic acid groups (broad SMARTS) is 1. The summed E-state index contributed by atoms with van der Waals surface area (Å²) >= 11 is 0. The van der Waals surface area contributed by atoms with Crippen molar-refractivity contribution in [2.45, 2.75) is 26.2 Å². The Hall–Kier alpha value is -1.71. The smallest absolute Gasteiger partial charge is 0.305 e. The lowest BCUT2D eigenvalue weighted by Crippen LogP contribution is -2.07. The largest absolute Gasteiger partial charge is 0.494 e. The minimum absolute atomic E-state index is 0.120. The molecule has 0 aliphatic heterocycles. The van der Waals surface area contributed by atoms with E-state index in [4.69, 9.17) is 9.84 Å². The number of unbranched alkanes of at least 4 members (excludes halogenated alkanes) is 1. The van der Waals surface area contributed by atoms with Crippen LogP contribution in [0, 0.1) is 0 Å². The molecule has 0 aliphatic rings. The molecule has 0 heterocycles. The van der Waals surface area contributed by atoms with Gasteiger partial charge in [-0.3, -0.25) is 4.79 Å². The first-order chi connectivity index (χ1) is 8.22. The Kier molecular flexibility index (Phi) is 5.93. The van der Waals surface area contributed by atoms with Gasteiger partial charge in [-0.2, -0.15) is 0 Å². The topological polar surface area (TPSA) is 58.6 Å². The van der Waals surface area contributed by atoms with Gasteiger partial charge < -0.3 is 15.2 Å². The molecule has 4 heteroatoms. The van der Waals surface area contributed by atoms with Gasteiger partial charge in [0, 0.05) is 12.2 Å². The monoisotopic (exact) mass is 237 g/mol. The Bertz CT molecular complexity index is 335. The molecule has 0 bridgehead atoms. The fraction of sp³-hybridized carbons (Fsp3) is 0.462. The molecule has 0 atom stereocenters. The SMILES string of the molecule is CCCCOc1ccc(NCCC(=O)O)cc1. The van der Waals surface area contributed by atoms with Crippen molar-refractivity contribution in [2.75, 3.05) is 18.5 Å². The Morgan fingerprint density at radius 3 is 2.65 bits per heavy atom. The molecule has 0 radical (unpaired) electrons. The highest BCUT2D eigenvalue weighted by Gasteiger charge is 1.97. The van der Waals surface area contributed by atoms with Crippen molar-refractivity contribution in [2.24, 2.45) is 0 Å².